The molecule has 25 heavy (non-hydrogen) atoms. The number of Topliss-reactive ketones (excluding diaryl/α,β-unsaturated/α-hetero) is 1. The largest absolute Gasteiger partial charge is 0.491 e. The molecule has 0 saturated carbocycles. The van der Waals surface area contributed by atoms with Gasteiger partial charge >= 0.3 is 0 Å². The van der Waals surface area contributed by atoms with E-state index in [1.807, 2.05) is 0 Å². The van der Waals surface area contributed by atoms with Crippen molar-refractivity contribution in [3.8, 4) is 5.75 Å². The van der Waals surface area contributed by atoms with Crippen molar-refractivity contribution >= 4 is 17.4 Å². The highest BCUT2D eigenvalue weighted by atomic mass is 16.5. The third-order valence-electron chi connectivity index (χ3n) is 4.13. The Morgan fingerprint density at radius 2 is 1.92 bits per heavy atom. The monoisotopic (exact) mass is 339 g/mol. The number of carbonyl (C=O) groups excluding carboxylic acids is 2. The summed E-state index contributed by atoms with van der Waals surface area (Å²) in [5.74, 6) is 0.351. The number of hydrogen-bond acceptors (Lipinski definition) is 4. The van der Waals surface area contributed by atoms with Gasteiger partial charge in [-0.1, -0.05) is 12.1 Å². The molecule has 1 aliphatic heterocycles. The topological polar surface area (TPSA) is 64.6 Å². The highest BCUT2D eigenvalue weighted by Gasteiger charge is 2.16. The Morgan fingerprint density at radius 1 is 1.16 bits per heavy atom. The second kappa shape index (κ2) is 7.94. The van der Waals surface area contributed by atoms with E-state index in [0.717, 1.165) is 19.4 Å². The molecule has 2 aromatic carbocycles. The van der Waals surface area contributed by atoms with E-state index in [9.17, 15) is 9.59 Å². The summed E-state index contributed by atoms with van der Waals surface area (Å²) in [6.45, 7) is 2.80. The highest BCUT2D eigenvalue weighted by molar-refractivity contribution is 6.09. The van der Waals surface area contributed by atoms with Crippen LogP contribution in [0.1, 0.15) is 40.5 Å². The Morgan fingerprint density at radius 3 is 2.60 bits per heavy atom. The average Bonchev–Trinajstić information content (AvgIpc) is 3.14. The molecule has 0 bridgehead atoms. The number of nitrogens with one attached hydrogen (secondary N) is 1. The van der Waals surface area contributed by atoms with E-state index in [1.165, 1.54) is 6.92 Å². The minimum absolute atomic E-state index is 0.0891. The molecule has 1 aliphatic rings. The van der Waals surface area contributed by atoms with Crippen molar-refractivity contribution in [1.29, 1.82) is 0 Å². The lowest BCUT2D eigenvalue weighted by molar-refractivity contribution is 0.0679. The first-order valence-electron chi connectivity index (χ1n) is 8.39. The van der Waals surface area contributed by atoms with Crippen molar-refractivity contribution in [2.45, 2.75) is 25.9 Å². The quantitative estimate of drug-likeness (QED) is 0.815. The van der Waals surface area contributed by atoms with Crippen LogP contribution < -0.4 is 10.1 Å². The van der Waals surface area contributed by atoms with Crippen LogP contribution in [0.5, 0.6) is 5.75 Å². The van der Waals surface area contributed by atoms with Crippen LogP contribution in [0.2, 0.25) is 0 Å². The van der Waals surface area contributed by atoms with Crippen LogP contribution in [0.3, 0.4) is 0 Å². The Bertz CT molecular complexity index is 749. The molecule has 5 nitrogen and oxygen atoms in total. The van der Waals surface area contributed by atoms with Crippen LogP contribution in [0, 0.1) is 0 Å². The van der Waals surface area contributed by atoms with E-state index in [2.05, 4.69) is 5.32 Å². The van der Waals surface area contributed by atoms with E-state index in [1.54, 1.807) is 48.5 Å². The predicted octanol–water partition coefficient (Wildman–Crippen LogP) is 3.70. The predicted molar refractivity (Wildman–Crippen MR) is 95.3 cm³/mol. The zero-order valence-corrected chi connectivity index (χ0v) is 14.2. The van der Waals surface area contributed by atoms with Gasteiger partial charge in [0.15, 0.2) is 5.78 Å². The summed E-state index contributed by atoms with van der Waals surface area (Å²) in [5.41, 5.74) is 1.51. The van der Waals surface area contributed by atoms with Crippen molar-refractivity contribution < 1.29 is 19.1 Å². The molecule has 1 N–H and O–H groups in total. The Labute approximate surface area is 147 Å². The third kappa shape index (κ3) is 4.45. The van der Waals surface area contributed by atoms with Gasteiger partial charge in [0.1, 0.15) is 12.4 Å². The molecule has 3 rings (SSSR count). The summed E-state index contributed by atoms with van der Waals surface area (Å²) in [4.78, 5) is 24.0. The van der Waals surface area contributed by atoms with Gasteiger partial charge in [-0.25, -0.2) is 0 Å². The molecule has 1 atom stereocenters. The van der Waals surface area contributed by atoms with Gasteiger partial charge < -0.3 is 14.8 Å². The van der Waals surface area contributed by atoms with E-state index < -0.39 is 0 Å². The molecule has 1 saturated heterocycles. The molecule has 0 aromatic heterocycles. The summed E-state index contributed by atoms with van der Waals surface area (Å²) in [6, 6.07) is 13.9. The maximum absolute atomic E-state index is 12.4. The fourth-order valence-corrected chi connectivity index (χ4v) is 2.76. The van der Waals surface area contributed by atoms with E-state index in [4.69, 9.17) is 9.47 Å². The van der Waals surface area contributed by atoms with Crippen molar-refractivity contribution in [3.05, 3.63) is 59.7 Å². The van der Waals surface area contributed by atoms with Crippen LogP contribution in [-0.2, 0) is 4.74 Å². The third-order valence-corrected chi connectivity index (χ3v) is 4.13. The molecule has 0 aliphatic carbocycles. The number of ketones is 1. The van der Waals surface area contributed by atoms with E-state index in [-0.39, 0.29) is 17.8 Å². The summed E-state index contributed by atoms with van der Waals surface area (Å²) in [6.07, 6.45) is 2.26. The molecule has 1 fully saturated rings. The molecule has 130 valence electrons. The Balaban J connectivity index is 1.62. The molecule has 2 aromatic rings. The first-order valence-corrected chi connectivity index (χ1v) is 8.39. The van der Waals surface area contributed by atoms with Crippen LogP contribution in [0.15, 0.2) is 48.5 Å². The van der Waals surface area contributed by atoms with E-state index >= 15 is 0 Å². The van der Waals surface area contributed by atoms with Gasteiger partial charge in [0, 0.05) is 17.7 Å². The van der Waals surface area contributed by atoms with E-state index in [0.29, 0.717) is 29.2 Å². The minimum atomic E-state index is -0.264. The number of benzene rings is 2. The molecular formula is C20H21NO4. The number of para-hydroxylation sites is 1. The zero-order valence-electron chi connectivity index (χ0n) is 14.2. The summed E-state index contributed by atoms with van der Waals surface area (Å²) >= 11 is 0. The van der Waals surface area contributed by atoms with Gasteiger partial charge in [-0.15, -0.1) is 0 Å². The second-order valence-corrected chi connectivity index (χ2v) is 6.03. The molecule has 5 heteroatoms. The zero-order chi connectivity index (χ0) is 17.6. The number of anilines is 1. The average molecular weight is 339 g/mol. The van der Waals surface area contributed by atoms with Gasteiger partial charge in [0.05, 0.1) is 11.8 Å². The Kier molecular flexibility index (Phi) is 5.46. The molecular weight excluding hydrogens is 318 g/mol. The van der Waals surface area contributed by atoms with Crippen molar-refractivity contribution in [2.24, 2.45) is 0 Å². The van der Waals surface area contributed by atoms with Crippen molar-refractivity contribution in [2.75, 3.05) is 18.5 Å². The van der Waals surface area contributed by atoms with Crippen molar-refractivity contribution in [1.82, 2.24) is 0 Å². The van der Waals surface area contributed by atoms with Crippen molar-refractivity contribution in [3.63, 3.8) is 0 Å². The molecule has 1 heterocycles. The maximum atomic E-state index is 12.4. The lowest BCUT2D eigenvalue weighted by Crippen LogP contribution is -2.16. The number of carbonyl (C=O) groups is 2. The Hall–Kier alpha value is -2.66. The summed E-state index contributed by atoms with van der Waals surface area (Å²) < 4.78 is 11.2. The number of ether oxygens (including phenoxy) is 2. The number of hydrogen-bond donors (Lipinski definition) is 1. The lowest BCUT2D eigenvalue weighted by atomic mass is 10.1. The van der Waals surface area contributed by atoms with Crippen LogP contribution in [0.4, 0.5) is 5.69 Å². The maximum Gasteiger partial charge on any atom is 0.255 e. The van der Waals surface area contributed by atoms with Crippen LogP contribution in [0.25, 0.3) is 0 Å². The van der Waals surface area contributed by atoms with Crippen LogP contribution >= 0.6 is 0 Å². The first-order chi connectivity index (χ1) is 12.1. The highest BCUT2D eigenvalue weighted by Crippen LogP contribution is 2.19. The summed E-state index contributed by atoms with van der Waals surface area (Å²) in [5, 5.41) is 2.78. The SMILES string of the molecule is CC(=O)c1ccccc1NC(=O)c1ccc(OC[C@@H]2CCCO2)cc1. The molecule has 1 amide bonds. The standard InChI is InChI=1S/C20H21NO4/c1-14(22)18-6-2-3-7-19(18)21-20(23)15-8-10-16(11-9-15)25-13-17-5-4-12-24-17/h2-3,6-11,17H,4-5,12-13H2,1H3,(H,21,23)/t17-/m0/s1. The fraction of sp³-hybridized carbons (Fsp3) is 0.300. The number of amides is 1. The normalized spacial score (nSPS) is 16.4. The second-order valence-electron chi connectivity index (χ2n) is 6.03. The van der Waals surface area contributed by atoms with Gasteiger partial charge in [0.2, 0.25) is 0 Å². The minimum Gasteiger partial charge on any atom is -0.491 e. The van der Waals surface area contributed by atoms with Crippen LogP contribution in [-0.4, -0.2) is 31.0 Å². The van der Waals surface area contributed by atoms with Gasteiger partial charge in [-0.05, 0) is 56.2 Å². The smallest absolute Gasteiger partial charge is 0.255 e. The molecule has 0 spiro atoms. The fourth-order valence-electron chi connectivity index (χ4n) is 2.76. The lowest BCUT2D eigenvalue weighted by Gasteiger charge is -2.12. The molecule has 0 unspecified atom stereocenters. The van der Waals surface area contributed by atoms with Gasteiger partial charge in [-0.2, -0.15) is 0 Å². The molecule has 0 radical (unpaired) electrons. The first kappa shape index (κ1) is 17.2. The number of rotatable bonds is 6. The van der Waals surface area contributed by atoms with Gasteiger partial charge in [-0.3, -0.25) is 9.59 Å². The summed E-state index contributed by atoms with van der Waals surface area (Å²) in [7, 11) is 0. The van der Waals surface area contributed by atoms with Gasteiger partial charge in [0.25, 0.3) is 5.91 Å².